The van der Waals surface area contributed by atoms with Crippen LogP contribution in [0.5, 0.6) is 0 Å². The van der Waals surface area contributed by atoms with Crippen molar-refractivity contribution in [2.45, 2.75) is 6.92 Å². The molecule has 0 fully saturated rings. The molecule has 2 aromatic rings. The summed E-state index contributed by atoms with van der Waals surface area (Å²) < 4.78 is 1.62. The average molecular weight is 200 g/mol. The summed E-state index contributed by atoms with van der Waals surface area (Å²) >= 11 is 0. The van der Waals surface area contributed by atoms with Crippen molar-refractivity contribution in [2.24, 2.45) is 7.05 Å². The molecule has 76 valence electrons. The first-order valence-electron chi connectivity index (χ1n) is 4.79. The molecule has 1 aromatic carbocycles. The summed E-state index contributed by atoms with van der Waals surface area (Å²) in [5.41, 5.74) is 2.18. The molecule has 0 N–H and O–H groups in total. The second-order valence-corrected chi connectivity index (χ2v) is 3.49. The van der Waals surface area contributed by atoms with Crippen molar-refractivity contribution < 1.29 is 4.79 Å². The summed E-state index contributed by atoms with van der Waals surface area (Å²) in [4.78, 5) is 12.0. The molecule has 1 aromatic heterocycles. The number of carbonyl (C=O) groups excluding carboxylic acids is 1. The van der Waals surface area contributed by atoms with E-state index >= 15 is 0 Å². The molecule has 0 amide bonds. The van der Waals surface area contributed by atoms with Gasteiger partial charge in [0.05, 0.1) is 5.69 Å². The number of carbonyl (C=O) groups is 1. The van der Waals surface area contributed by atoms with Gasteiger partial charge in [0, 0.05) is 12.6 Å². The van der Waals surface area contributed by atoms with Crippen molar-refractivity contribution in [3.8, 4) is 0 Å². The van der Waals surface area contributed by atoms with Crippen molar-refractivity contribution in [1.82, 2.24) is 9.78 Å². The SMILES string of the molecule is Cc1cc(C(=O)c2ccccc2)n(C)n1. The fourth-order valence-corrected chi connectivity index (χ4v) is 1.56. The first-order valence-corrected chi connectivity index (χ1v) is 4.79. The number of benzene rings is 1. The molecule has 0 aliphatic carbocycles. The van der Waals surface area contributed by atoms with Crippen LogP contribution in [0.1, 0.15) is 21.7 Å². The van der Waals surface area contributed by atoms with Crippen LogP contribution in [0.3, 0.4) is 0 Å². The third-order valence-electron chi connectivity index (χ3n) is 2.27. The largest absolute Gasteiger partial charge is 0.287 e. The number of nitrogens with zero attached hydrogens (tertiary/aromatic N) is 2. The average Bonchev–Trinajstić information content (AvgIpc) is 2.58. The van der Waals surface area contributed by atoms with E-state index in [2.05, 4.69) is 5.10 Å². The van der Waals surface area contributed by atoms with Gasteiger partial charge < -0.3 is 0 Å². The summed E-state index contributed by atoms with van der Waals surface area (Å²) in [7, 11) is 1.78. The highest BCUT2D eigenvalue weighted by Gasteiger charge is 2.13. The molecule has 1 heterocycles. The monoisotopic (exact) mass is 200 g/mol. The summed E-state index contributed by atoms with van der Waals surface area (Å²) in [5.74, 6) is 0.0127. The molecule has 2 rings (SSSR count). The van der Waals surface area contributed by atoms with Crippen molar-refractivity contribution in [3.63, 3.8) is 0 Å². The van der Waals surface area contributed by atoms with Crippen LogP contribution < -0.4 is 0 Å². The second kappa shape index (κ2) is 3.69. The fourth-order valence-electron chi connectivity index (χ4n) is 1.56. The van der Waals surface area contributed by atoms with Gasteiger partial charge in [-0.2, -0.15) is 5.10 Å². The summed E-state index contributed by atoms with van der Waals surface area (Å²) in [6.45, 7) is 1.88. The van der Waals surface area contributed by atoms with Gasteiger partial charge in [-0.1, -0.05) is 30.3 Å². The highest BCUT2D eigenvalue weighted by Crippen LogP contribution is 2.09. The molecule has 0 spiro atoms. The molecule has 0 aliphatic heterocycles. The van der Waals surface area contributed by atoms with Gasteiger partial charge in [0.25, 0.3) is 0 Å². The van der Waals surface area contributed by atoms with Gasteiger partial charge in [0.2, 0.25) is 5.78 Å². The smallest absolute Gasteiger partial charge is 0.211 e. The van der Waals surface area contributed by atoms with Crippen LogP contribution in [-0.2, 0) is 7.05 Å². The van der Waals surface area contributed by atoms with Gasteiger partial charge in [0.1, 0.15) is 5.69 Å². The zero-order valence-electron chi connectivity index (χ0n) is 8.77. The van der Waals surface area contributed by atoms with Crippen molar-refractivity contribution in [3.05, 3.63) is 53.3 Å². The minimum atomic E-state index is 0.0127. The van der Waals surface area contributed by atoms with E-state index in [1.54, 1.807) is 17.8 Å². The summed E-state index contributed by atoms with van der Waals surface area (Å²) in [5, 5.41) is 4.15. The molecule has 0 atom stereocenters. The Labute approximate surface area is 88.4 Å². The van der Waals surface area contributed by atoms with Crippen LogP contribution in [0.2, 0.25) is 0 Å². The zero-order chi connectivity index (χ0) is 10.8. The van der Waals surface area contributed by atoms with Crippen LogP contribution in [-0.4, -0.2) is 15.6 Å². The Balaban J connectivity index is 2.41. The summed E-state index contributed by atoms with van der Waals surface area (Å²) in [6.07, 6.45) is 0. The van der Waals surface area contributed by atoms with Crippen LogP contribution >= 0.6 is 0 Å². The third-order valence-corrected chi connectivity index (χ3v) is 2.27. The van der Waals surface area contributed by atoms with Gasteiger partial charge >= 0.3 is 0 Å². The van der Waals surface area contributed by atoms with E-state index in [1.165, 1.54) is 0 Å². The van der Waals surface area contributed by atoms with Crippen LogP contribution in [0.15, 0.2) is 36.4 Å². The van der Waals surface area contributed by atoms with E-state index in [1.807, 2.05) is 37.3 Å². The van der Waals surface area contributed by atoms with Crippen LogP contribution in [0, 0.1) is 6.92 Å². The maximum absolute atomic E-state index is 12.0. The van der Waals surface area contributed by atoms with Crippen LogP contribution in [0.25, 0.3) is 0 Å². The molecule has 15 heavy (non-hydrogen) atoms. The Morgan fingerprint density at radius 1 is 1.27 bits per heavy atom. The third kappa shape index (κ3) is 1.81. The molecular formula is C12H12N2O. The van der Waals surface area contributed by atoms with E-state index in [4.69, 9.17) is 0 Å². The number of hydrogen-bond donors (Lipinski definition) is 0. The predicted molar refractivity (Wildman–Crippen MR) is 57.8 cm³/mol. The molecule has 0 bridgehead atoms. The molecule has 0 saturated heterocycles. The molecule has 0 radical (unpaired) electrons. The van der Waals surface area contributed by atoms with E-state index in [-0.39, 0.29) is 5.78 Å². The maximum Gasteiger partial charge on any atom is 0.211 e. The van der Waals surface area contributed by atoms with Gasteiger partial charge in [-0.15, -0.1) is 0 Å². The number of rotatable bonds is 2. The first-order chi connectivity index (χ1) is 7.18. The van der Waals surface area contributed by atoms with Crippen LogP contribution in [0.4, 0.5) is 0 Å². The fraction of sp³-hybridized carbons (Fsp3) is 0.167. The highest BCUT2D eigenvalue weighted by atomic mass is 16.1. The highest BCUT2D eigenvalue weighted by molar-refractivity contribution is 6.07. The Kier molecular flexibility index (Phi) is 2.37. The summed E-state index contributed by atoms with van der Waals surface area (Å²) in [6, 6.07) is 11.0. The molecule has 0 aliphatic rings. The lowest BCUT2D eigenvalue weighted by molar-refractivity contribution is 0.103. The number of hydrogen-bond acceptors (Lipinski definition) is 2. The normalized spacial score (nSPS) is 10.3. The standard InChI is InChI=1S/C12H12N2O/c1-9-8-11(14(2)13-9)12(15)10-6-4-3-5-7-10/h3-8H,1-2H3. The van der Waals surface area contributed by atoms with E-state index < -0.39 is 0 Å². The molecule has 0 unspecified atom stereocenters. The Morgan fingerprint density at radius 2 is 1.93 bits per heavy atom. The van der Waals surface area contributed by atoms with Gasteiger partial charge in [0.15, 0.2) is 0 Å². The minimum Gasteiger partial charge on any atom is -0.287 e. The number of aromatic nitrogens is 2. The quantitative estimate of drug-likeness (QED) is 0.694. The Bertz CT molecular complexity index is 486. The number of aryl methyl sites for hydroxylation is 2. The zero-order valence-corrected chi connectivity index (χ0v) is 8.77. The van der Waals surface area contributed by atoms with Gasteiger partial charge in [-0.25, -0.2) is 0 Å². The molecule has 3 nitrogen and oxygen atoms in total. The number of ketones is 1. The van der Waals surface area contributed by atoms with Crippen molar-refractivity contribution in [1.29, 1.82) is 0 Å². The van der Waals surface area contributed by atoms with Crippen molar-refractivity contribution in [2.75, 3.05) is 0 Å². The molecule has 3 heteroatoms. The van der Waals surface area contributed by atoms with E-state index in [9.17, 15) is 4.79 Å². The minimum absolute atomic E-state index is 0.0127. The Hall–Kier alpha value is -1.90. The lowest BCUT2D eigenvalue weighted by Gasteiger charge is -2.00. The van der Waals surface area contributed by atoms with E-state index in [0.717, 1.165) is 5.69 Å². The molecular weight excluding hydrogens is 188 g/mol. The first kappa shape index (κ1) is 9.65. The van der Waals surface area contributed by atoms with Gasteiger partial charge in [-0.3, -0.25) is 9.48 Å². The lowest BCUT2D eigenvalue weighted by atomic mass is 10.1. The molecule has 0 saturated carbocycles. The van der Waals surface area contributed by atoms with Gasteiger partial charge in [-0.05, 0) is 13.0 Å². The second-order valence-electron chi connectivity index (χ2n) is 3.49. The van der Waals surface area contributed by atoms with Crippen molar-refractivity contribution >= 4 is 5.78 Å². The predicted octanol–water partition coefficient (Wildman–Crippen LogP) is 1.96. The lowest BCUT2D eigenvalue weighted by Crippen LogP contribution is -2.07. The topological polar surface area (TPSA) is 34.9 Å². The Morgan fingerprint density at radius 3 is 2.47 bits per heavy atom. The van der Waals surface area contributed by atoms with E-state index in [0.29, 0.717) is 11.3 Å². The maximum atomic E-state index is 12.0.